The van der Waals surface area contributed by atoms with Gasteiger partial charge in [0.25, 0.3) is 0 Å². The van der Waals surface area contributed by atoms with Crippen molar-refractivity contribution in [1.29, 1.82) is 0 Å². The molecule has 0 atom stereocenters. The third kappa shape index (κ3) is 3.91. The zero-order valence-electron chi connectivity index (χ0n) is 20.0. The van der Waals surface area contributed by atoms with Crippen LogP contribution in [-0.2, 0) is 10.8 Å². The van der Waals surface area contributed by atoms with E-state index in [1.165, 1.54) is 0 Å². The number of benzene rings is 3. The Balaban J connectivity index is 2.14. The van der Waals surface area contributed by atoms with E-state index in [9.17, 15) is 9.59 Å². The average Bonchev–Trinajstić information content (AvgIpc) is 2.72. The second-order valence-corrected chi connectivity index (χ2v) is 12.6. The zero-order valence-corrected chi connectivity index (χ0v) is 20.8. The van der Waals surface area contributed by atoms with Crippen LogP contribution in [0.2, 0.25) is 0 Å². The van der Waals surface area contributed by atoms with Crippen LogP contribution in [0.15, 0.2) is 65.5 Å². The normalized spacial score (nSPS) is 12.5. The SMILES string of the molecule is CC(=O)c1ccc(-[s+]2c3ccc(C(C)(C)C)cc3c(=O)c3cc(C(C)(C)C)ccc32)cc1. The van der Waals surface area contributed by atoms with E-state index < -0.39 is 10.5 Å². The second kappa shape index (κ2) is 7.67. The second-order valence-electron chi connectivity index (χ2n) is 10.6. The first-order chi connectivity index (χ1) is 14.9. The topological polar surface area (TPSA) is 34.1 Å². The Bertz CT molecular complexity index is 1330. The molecule has 0 saturated carbocycles. The molecular weight excluding hydrogens is 412 g/mol. The Kier molecular flexibility index (Phi) is 5.37. The first-order valence-corrected chi connectivity index (χ1v) is 12.3. The Morgan fingerprint density at radius 1 is 0.688 bits per heavy atom. The minimum atomic E-state index is -0.402. The van der Waals surface area contributed by atoms with E-state index in [4.69, 9.17) is 0 Å². The summed E-state index contributed by atoms with van der Waals surface area (Å²) in [4.78, 5) is 26.7. The molecule has 0 aliphatic carbocycles. The monoisotopic (exact) mass is 443 g/mol. The summed E-state index contributed by atoms with van der Waals surface area (Å²) in [6, 6.07) is 20.6. The van der Waals surface area contributed by atoms with Crippen LogP contribution >= 0.6 is 10.5 Å². The number of hydrogen-bond acceptors (Lipinski definition) is 2. The van der Waals surface area contributed by atoms with Crippen molar-refractivity contribution in [1.82, 2.24) is 0 Å². The molecule has 0 aliphatic rings. The van der Waals surface area contributed by atoms with Crippen LogP contribution in [0.1, 0.15) is 70.0 Å². The van der Waals surface area contributed by atoms with Crippen LogP contribution in [0.5, 0.6) is 0 Å². The lowest BCUT2D eigenvalue weighted by Crippen LogP contribution is -2.14. The Morgan fingerprint density at radius 3 is 1.50 bits per heavy atom. The fourth-order valence-corrected chi connectivity index (χ4v) is 6.35. The molecule has 0 unspecified atom stereocenters. The number of rotatable bonds is 2. The molecule has 1 heterocycles. The molecule has 0 N–H and O–H groups in total. The van der Waals surface area contributed by atoms with Gasteiger partial charge < -0.3 is 0 Å². The molecule has 32 heavy (non-hydrogen) atoms. The first-order valence-electron chi connectivity index (χ1n) is 11.1. The predicted octanol–water partition coefficient (Wildman–Crippen LogP) is 7.89. The van der Waals surface area contributed by atoms with Crippen LogP contribution in [0, 0.1) is 0 Å². The first kappa shape index (κ1) is 22.4. The van der Waals surface area contributed by atoms with E-state index in [2.05, 4.69) is 77.9 Å². The van der Waals surface area contributed by atoms with Gasteiger partial charge in [0, 0.05) is 16.0 Å². The van der Waals surface area contributed by atoms with Crippen molar-refractivity contribution in [2.45, 2.75) is 59.3 Å². The van der Waals surface area contributed by atoms with Crippen molar-refractivity contribution in [3.63, 3.8) is 0 Å². The quantitative estimate of drug-likeness (QED) is 0.179. The highest BCUT2D eigenvalue weighted by Crippen LogP contribution is 2.44. The van der Waals surface area contributed by atoms with E-state index in [0.717, 1.165) is 36.2 Å². The molecule has 0 aliphatic heterocycles. The fraction of sp³-hybridized carbons (Fsp3) is 0.310. The molecule has 2 nitrogen and oxygen atoms in total. The maximum Gasteiger partial charge on any atom is 0.204 e. The molecule has 0 amide bonds. The van der Waals surface area contributed by atoms with Gasteiger partial charge in [-0.3, -0.25) is 9.59 Å². The minimum Gasteiger partial charge on any atom is -0.295 e. The van der Waals surface area contributed by atoms with Crippen LogP contribution in [0.25, 0.3) is 25.1 Å². The van der Waals surface area contributed by atoms with Gasteiger partial charge in [0.2, 0.25) is 5.43 Å². The highest BCUT2D eigenvalue weighted by atomic mass is 32.2. The lowest BCUT2D eigenvalue weighted by atomic mass is 9.86. The standard InChI is InChI=1S/C29H31O2S/c1-18(30)19-8-12-22(13-9-19)32-25-14-10-20(28(2,3)4)16-23(25)27(31)24-17-21(29(5,6)7)11-15-26(24)32/h8-17H,1-7H3/q+1. The molecule has 0 fully saturated rings. The highest BCUT2D eigenvalue weighted by molar-refractivity contribution is 7.49. The molecule has 1 aromatic heterocycles. The van der Waals surface area contributed by atoms with E-state index in [1.807, 2.05) is 24.3 Å². The molecule has 4 aromatic rings. The maximum atomic E-state index is 13.7. The molecule has 3 aromatic carbocycles. The van der Waals surface area contributed by atoms with E-state index in [1.54, 1.807) is 6.92 Å². The van der Waals surface area contributed by atoms with Crippen molar-refractivity contribution >= 4 is 36.4 Å². The lowest BCUT2D eigenvalue weighted by molar-refractivity contribution is 0.101. The largest absolute Gasteiger partial charge is 0.295 e. The number of fused-ring (bicyclic) bond motifs is 2. The van der Waals surface area contributed by atoms with Gasteiger partial charge in [0.15, 0.2) is 20.1 Å². The summed E-state index contributed by atoms with van der Waals surface area (Å²) < 4.78 is 2.13. The third-order valence-corrected chi connectivity index (χ3v) is 8.45. The smallest absolute Gasteiger partial charge is 0.204 e. The third-order valence-electron chi connectivity index (χ3n) is 6.12. The Labute approximate surface area is 192 Å². The predicted molar refractivity (Wildman–Crippen MR) is 139 cm³/mol. The summed E-state index contributed by atoms with van der Waals surface area (Å²) >= 11 is 0. The summed E-state index contributed by atoms with van der Waals surface area (Å²) in [7, 11) is -0.402. The van der Waals surface area contributed by atoms with Gasteiger partial charge in [-0.25, -0.2) is 0 Å². The number of Topliss-reactive ketones (excluding diaryl/α,β-unsaturated/α-hetero) is 1. The average molecular weight is 444 g/mol. The molecule has 0 bridgehead atoms. The van der Waals surface area contributed by atoms with Gasteiger partial charge >= 0.3 is 0 Å². The summed E-state index contributed by atoms with van der Waals surface area (Å²) in [6.07, 6.45) is 0. The van der Waals surface area contributed by atoms with Gasteiger partial charge in [-0.2, -0.15) is 0 Å². The molecule has 0 spiro atoms. The number of carbonyl (C=O) groups excluding carboxylic acids is 1. The van der Waals surface area contributed by atoms with Gasteiger partial charge in [-0.05, 0) is 77.4 Å². The van der Waals surface area contributed by atoms with E-state index >= 15 is 0 Å². The summed E-state index contributed by atoms with van der Waals surface area (Å²) in [5, 5.41) is 1.60. The van der Waals surface area contributed by atoms with E-state index in [0.29, 0.717) is 5.56 Å². The van der Waals surface area contributed by atoms with Crippen molar-refractivity contribution < 1.29 is 4.79 Å². The lowest BCUT2D eigenvalue weighted by Gasteiger charge is -2.20. The highest BCUT2D eigenvalue weighted by Gasteiger charge is 2.26. The molecule has 164 valence electrons. The summed E-state index contributed by atoms with van der Waals surface area (Å²) in [6.45, 7) is 14.6. The number of hydrogen-bond donors (Lipinski definition) is 0. The van der Waals surface area contributed by atoms with Crippen LogP contribution in [-0.4, -0.2) is 5.78 Å². The molecular formula is C29H31O2S+. The summed E-state index contributed by atoms with van der Waals surface area (Å²) in [5.41, 5.74) is 3.06. The fourth-order valence-electron chi connectivity index (χ4n) is 4.05. The van der Waals surface area contributed by atoms with Crippen LogP contribution < -0.4 is 5.43 Å². The molecule has 3 heteroatoms. The van der Waals surface area contributed by atoms with Crippen molar-refractivity contribution in [3.05, 3.63) is 87.6 Å². The van der Waals surface area contributed by atoms with Crippen molar-refractivity contribution in [2.24, 2.45) is 0 Å². The van der Waals surface area contributed by atoms with Gasteiger partial charge in [0.05, 0.1) is 10.8 Å². The molecule has 0 saturated heterocycles. The number of carbonyl (C=O) groups is 1. The van der Waals surface area contributed by atoms with Gasteiger partial charge in [-0.1, -0.05) is 53.7 Å². The molecule has 0 radical (unpaired) electrons. The Morgan fingerprint density at radius 2 is 1.12 bits per heavy atom. The minimum absolute atomic E-state index is 0.0371. The maximum absolute atomic E-state index is 13.7. The molecule has 4 rings (SSSR count). The Hall–Kier alpha value is -2.78. The van der Waals surface area contributed by atoms with Crippen LogP contribution in [0.4, 0.5) is 0 Å². The van der Waals surface area contributed by atoms with Crippen LogP contribution in [0.3, 0.4) is 0 Å². The summed E-state index contributed by atoms with van der Waals surface area (Å²) in [5.74, 6) is 0.0594. The van der Waals surface area contributed by atoms with Crippen molar-refractivity contribution in [2.75, 3.05) is 0 Å². The van der Waals surface area contributed by atoms with Gasteiger partial charge in [-0.15, -0.1) is 0 Å². The van der Waals surface area contributed by atoms with E-state index in [-0.39, 0.29) is 22.0 Å². The zero-order chi connectivity index (χ0) is 23.4. The number of ketones is 1. The van der Waals surface area contributed by atoms with Crippen molar-refractivity contribution in [3.8, 4) is 4.90 Å². The van der Waals surface area contributed by atoms with Gasteiger partial charge in [0.1, 0.15) is 0 Å².